The van der Waals surface area contributed by atoms with Gasteiger partial charge in [0.05, 0.1) is 13.2 Å². The van der Waals surface area contributed by atoms with Crippen molar-refractivity contribution in [1.82, 2.24) is 9.80 Å². The molecule has 0 aromatic carbocycles. The van der Waals surface area contributed by atoms with Crippen LogP contribution in [0, 0.1) is 5.41 Å². The van der Waals surface area contributed by atoms with E-state index >= 15 is 0 Å². The van der Waals surface area contributed by atoms with Gasteiger partial charge in [-0.2, -0.15) is 0 Å². The molecule has 1 amide bonds. The number of carbonyl (C=O) groups excluding carboxylic acids is 1. The van der Waals surface area contributed by atoms with E-state index in [0.29, 0.717) is 11.5 Å². The highest BCUT2D eigenvalue weighted by Crippen LogP contribution is 2.44. The molecule has 5 heteroatoms. The van der Waals surface area contributed by atoms with Crippen LogP contribution in [0.2, 0.25) is 0 Å². The number of piperidine rings is 1. The van der Waals surface area contributed by atoms with Crippen molar-refractivity contribution >= 4 is 6.09 Å². The summed E-state index contributed by atoms with van der Waals surface area (Å²) in [6, 6.07) is 0.604. The van der Waals surface area contributed by atoms with Crippen LogP contribution in [0.25, 0.3) is 0 Å². The van der Waals surface area contributed by atoms with Crippen LogP contribution in [-0.4, -0.2) is 66.9 Å². The molecule has 21 heavy (non-hydrogen) atoms. The molecule has 0 aromatic heterocycles. The lowest BCUT2D eigenvalue weighted by atomic mass is 9.77. The molecular weight excluding hydrogens is 268 g/mol. The first-order valence-corrected chi connectivity index (χ1v) is 8.17. The minimum Gasteiger partial charge on any atom is -0.444 e. The molecule has 3 fully saturated rings. The third-order valence-electron chi connectivity index (χ3n) is 5.03. The van der Waals surface area contributed by atoms with Crippen LogP contribution in [0.4, 0.5) is 4.79 Å². The Morgan fingerprint density at radius 3 is 2.57 bits per heavy atom. The van der Waals surface area contributed by atoms with Crippen molar-refractivity contribution in [2.24, 2.45) is 5.41 Å². The highest BCUT2D eigenvalue weighted by molar-refractivity contribution is 5.68. The van der Waals surface area contributed by atoms with Gasteiger partial charge in [0.2, 0.25) is 0 Å². The number of carbonyl (C=O) groups is 1. The molecule has 0 N–H and O–H groups in total. The average molecular weight is 296 g/mol. The van der Waals surface area contributed by atoms with E-state index in [2.05, 4.69) is 4.90 Å². The van der Waals surface area contributed by atoms with Crippen molar-refractivity contribution in [3.63, 3.8) is 0 Å². The van der Waals surface area contributed by atoms with E-state index in [1.807, 2.05) is 25.7 Å². The lowest BCUT2D eigenvalue weighted by Gasteiger charge is -2.39. The van der Waals surface area contributed by atoms with Gasteiger partial charge in [-0.05, 0) is 45.4 Å². The number of ether oxygens (including phenoxy) is 2. The Bertz CT molecular complexity index is 381. The van der Waals surface area contributed by atoms with Crippen molar-refractivity contribution in [2.75, 3.05) is 39.4 Å². The molecule has 1 spiro atoms. The molecule has 3 aliphatic rings. The fourth-order valence-electron chi connectivity index (χ4n) is 3.93. The van der Waals surface area contributed by atoms with E-state index in [0.717, 1.165) is 45.7 Å². The van der Waals surface area contributed by atoms with E-state index in [1.54, 1.807) is 0 Å². The van der Waals surface area contributed by atoms with Gasteiger partial charge in [-0.25, -0.2) is 4.79 Å². The molecule has 3 saturated heterocycles. The summed E-state index contributed by atoms with van der Waals surface area (Å²) >= 11 is 0. The highest BCUT2D eigenvalue weighted by Gasteiger charge is 2.47. The zero-order chi connectivity index (χ0) is 15.1. The first kappa shape index (κ1) is 15.1. The summed E-state index contributed by atoms with van der Waals surface area (Å²) in [6.07, 6.45) is 3.27. The number of hydrogen-bond donors (Lipinski definition) is 0. The second-order valence-corrected chi connectivity index (χ2v) is 7.87. The fraction of sp³-hybridized carbons (Fsp3) is 0.938. The second-order valence-electron chi connectivity index (χ2n) is 7.87. The largest absolute Gasteiger partial charge is 0.444 e. The molecule has 1 atom stereocenters. The van der Waals surface area contributed by atoms with Crippen molar-refractivity contribution in [1.29, 1.82) is 0 Å². The third kappa shape index (κ3) is 3.34. The summed E-state index contributed by atoms with van der Waals surface area (Å²) in [7, 11) is 0. The first-order valence-electron chi connectivity index (χ1n) is 8.17. The summed E-state index contributed by atoms with van der Waals surface area (Å²) < 4.78 is 11.1. The predicted molar refractivity (Wildman–Crippen MR) is 80.3 cm³/mol. The Labute approximate surface area is 127 Å². The molecule has 0 aliphatic carbocycles. The normalized spacial score (nSPS) is 29.5. The molecule has 0 saturated carbocycles. The van der Waals surface area contributed by atoms with Crippen molar-refractivity contribution < 1.29 is 14.3 Å². The number of amides is 1. The first-order chi connectivity index (χ1) is 9.87. The SMILES string of the molecule is CC(C)(C)OC(=O)N1CCC2(CC1)CC1COCCN1C2. The van der Waals surface area contributed by atoms with Crippen LogP contribution < -0.4 is 0 Å². The van der Waals surface area contributed by atoms with Gasteiger partial charge in [0.15, 0.2) is 0 Å². The molecule has 0 bridgehead atoms. The smallest absolute Gasteiger partial charge is 0.410 e. The maximum atomic E-state index is 12.1. The van der Waals surface area contributed by atoms with E-state index in [-0.39, 0.29) is 6.09 Å². The van der Waals surface area contributed by atoms with E-state index in [4.69, 9.17) is 9.47 Å². The topological polar surface area (TPSA) is 42.0 Å². The molecule has 0 aromatic rings. The molecule has 3 aliphatic heterocycles. The summed E-state index contributed by atoms with van der Waals surface area (Å²) in [6.45, 7) is 11.4. The van der Waals surface area contributed by atoms with E-state index in [1.165, 1.54) is 13.0 Å². The number of nitrogens with zero attached hydrogens (tertiary/aromatic N) is 2. The summed E-state index contributed by atoms with van der Waals surface area (Å²) in [4.78, 5) is 16.6. The Morgan fingerprint density at radius 2 is 1.95 bits per heavy atom. The van der Waals surface area contributed by atoms with Gasteiger partial charge in [0.1, 0.15) is 5.60 Å². The summed E-state index contributed by atoms with van der Waals surface area (Å²) in [5.41, 5.74) is -0.00552. The minimum absolute atomic E-state index is 0.156. The summed E-state index contributed by atoms with van der Waals surface area (Å²) in [5.74, 6) is 0. The Kier molecular flexibility index (Phi) is 3.91. The number of morpholine rings is 1. The Balaban J connectivity index is 1.54. The van der Waals surface area contributed by atoms with E-state index in [9.17, 15) is 4.79 Å². The van der Waals surface area contributed by atoms with Gasteiger partial charge in [-0.3, -0.25) is 4.90 Å². The van der Waals surface area contributed by atoms with Gasteiger partial charge < -0.3 is 14.4 Å². The molecule has 1 unspecified atom stereocenters. The predicted octanol–water partition coefficient (Wildman–Crippen LogP) is 2.11. The Morgan fingerprint density at radius 1 is 1.24 bits per heavy atom. The molecule has 3 rings (SSSR count). The number of rotatable bonds is 0. The number of fused-ring (bicyclic) bond motifs is 1. The highest BCUT2D eigenvalue weighted by atomic mass is 16.6. The second kappa shape index (κ2) is 5.43. The maximum absolute atomic E-state index is 12.1. The van der Waals surface area contributed by atoms with Crippen molar-refractivity contribution in [3.8, 4) is 0 Å². The van der Waals surface area contributed by atoms with Crippen LogP contribution in [0.15, 0.2) is 0 Å². The number of likely N-dealkylation sites (tertiary alicyclic amines) is 1. The minimum atomic E-state index is -0.405. The van der Waals surface area contributed by atoms with Crippen LogP contribution in [-0.2, 0) is 9.47 Å². The van der Waals surface area contributed by atoms with Crippen LogP contribution >= 0.6 is 0 Å². The Hall–Kier alpha value is -0.810. The fourth-order valence-corrected chi connectivity index (χ4v) is 3.93. The van der Waals surface area contributed by atoms with Crippen LogP contribution in [0.5, 0.6) is 0 Å². The van der Waals surface area contributed by atoms with Gasteiger partial charge in [-0.1, -0.05) is 0 Å². The van der Waals surface area contributed by atoms with Gasteiger partial charge in [0, 0.05) is 32.2 Å². The van der Waals surface area contributed by atoms with Crippen molar-refractivity contribution in [3.05, 3.63) is 0 Å². The molecule has 120 valence electrons. The molecular formula is C16H28N2O3. The van der Waals surface area contributed by atoms with Gasteiger partial charge in [0.25, 0.3) is 0 Å². The summed E-state index contributed by atoms with van der Waals surface area (Å²) in [5, 5.41) is 0. The van der Waals surface area contributed by atoms with Crippen LogP contribution in [0.1, 0.15) is 40.0 Å². The van der Waals surface area contributed by atoms with Crippen molar-refractivity contribution in [2.45, 2.75) is 51.7 Å². The van der Waals surface area contributed by atoms with Gasteiger partial charge in [-0.15, -0.1) is 0 Å². The lowest BCUT2D eigenvalue weighted by molar-refractivity contribution is 0.00893. The molecule has 3 heterocycles. The lowest BCUT2D eigenvalue weighted by Crippen LogP contribution is -2.46. The monoisotopic (exact) mass is 296 g/mol. The zero-order valence-corrected chi connectivity index (χ0v) is 13.6. The van der Waals surface area contributed by atoms with Crippen LogP contribution in [0.3, 0.4) is 0 Å². The third-order valence-corrected chi connectivity index (χ3v) is 5.03. The number of hydrogen-bond acceptors (Lipinski definition) is 4. The molecule has 0 radical (unpaired) electrons. The standard InChI is InChI=1S/C16H28N2O3/c1-15(2,3)21-14(19)17-6-4-16(5-7-17)10-13-11-20-9-8-18(13)12-16/h13H,4-12H2,1-3H3. The van der Waals surface area contributed by atoms with Gasteiger partial charge >= 0.3 is 6.09 Å². The zero-order valence-electron chi connectivity index (χ0n) is 13.6. The maximum Gasteiger partial charge on any atom is 0.410 e. The van der Waals surface area contributed by atoms with E-state index < -0.39 is 5.60 Å². The molecule has 5 nitrogen and oxygen atoms in total. The quantitative estimate of drug-likeness (QED) is 0.686. The average Bonchev–Trinajstić information content (AvgIpc) is 2.75.